The number of hydrogen-bond acceptors (Lipinski definition) is 5. The van der Waals surface area contributed by atoms with Crippen molar-refractivity contribution in [3.8, 4) is 0 Å². The van der Waals surface area contributed by atoms with Crippen molar-refractivity contribution in [2.24, 2.45) is 0 Å². The van der Waals surface area contributed by atoms with Crippen molar-refractivity contribution >= 4 is 21.4 Å². The fourth-order valence-electron chi connectivity index (χ4n) is 1.68. The van der Waals surface area contributed by atoms with Crippen molar-refractivity contribution in [2.45, 2.75) is 11.8 Å². The Kier molecular flexibility index (Phi) is 4.94. The summed E-state index contributed by atoms with van der Waals surface area (Å²) in [6, 6.07) is 4.57. The van der Waals surface area contributed by atoms with E-state index in [-0.39, 0.29) is 11.5 Å². The second kappa shape index (κ2) is 6.03. The molecule has 0 heterocycles. The standard InChI is InChI=1S/C11H19N3O3S/c1-3-14(6-7-15)11-5-4-9(8-10(11)12)18(16,17)13-2/h4-5,8,13,15H,3,6-7,12H2,1-2H3. The lowest BCUT2D eigenvalue weighted by Crippen LogP contribution is -2.27. The van der Waals surface area contributed by atoms with E-state index in [0.29, 0.717) is 18.8 Å². The molecule has 0 spiro atoms. The third-order valence-electron chi connectivity index (χ3n) is 2.67. The number of aliphatic hydroxyl groups excluding tert-OH is 1. The molecule has 0 unspecified atom stereocenters. The first-order valence-corrected chi connectivity index (χ1v) is 7.13. The molecule has 102 valence electrons. The molecule has 1 rings (SSSR count). The predicted molar refractivity (Wildman–Crippen MR) is 72.1 cm³/mol. The lowest BCUT2D eigenvalue weighted by Gasteiger charge is -2.23. The minimum atomic E-state index is -3.48. The quantitative estimate of drug-likeness (QED) is 0.634. The molecule has 0 aliphatic rings. The van der Waals surface area contributed by atoms with Gasteiger partial charge in [-0.1, -0.05) is 0 Å². The van der Waals surface area contributed by atoms with Crippen LogP contribution in [0.3, 0.4) is 0 Å². The molecule has 0 saturated carbocycles. The van der Waals surface area contributed by atoms with Crippen LogP contribution in [0.15, 0.2) is 23.1 Å². The van der Waals surface area contributed by atoms with Crippen molar-refractivity contribution in [1.82, 2.24) is 4.72 Å². The van der Waals surface area contributed by atoms with Crippen LogP contribution in [-0.2, 0) is 10.0 Å². The monoisotopic (exact) mass is 273 g/mol. The van der Waals surface area contributed by atoms with Crippen LogP contribution in [-0.4, -0.2) is 40.3 Å². The molecule has 0 radical (unpaired) electrons. The number of nitrogen functional groups attached to an aromatic ring is 1. The summed E-state index contributed by atoms with van der Waals surface area (Å²) in [6.07, 6.45) is 0. The maximum atomic E-state index is 11.6. The maximum Gasteiger partial charge on any atom is 0.240 e. The van der Waals surface area contributed by atoms with Crippen LogP contribution >= 0.6 is 0 Å². The van der Waals surface area contributed by atoms with Crippen LogP contribution in [0.2, 0.25) is 0 Å². The Morgan fingerprint density at radius 3 is 2.56 bits per heavy atom. The van der Waals surface area contributed by atoms with Crippen molar-refractivity contribution in [2.75, 3.05) is 37.4 Å². The molecule has 18 heavy (non-hydrogen) atoms. The molecule has 0 aromatic heterocycles. The van der Waals surface area contributed by atoms with Gasteiger partial charge in [-0.2, -0.15) is 0 Å². The summed E-state index contributed by atoms with van der Waals surface area (Å²) in [5.41, 5.74) is 6.96. The molecule has 0 atom stereocenters. The van der Waals surface area contributed by atoms with E-state index < -0.39 is 10.0 Å². The van der Waals surface area contributed by atoms with Crippen molar-refractivity contribution in [3.63, 3.8) is 0 Å². The number of anilines is 2. The fraction of sp³-hybridized carbons (Fsp3) is 0.455. The molecule has 1 aromatic carbocycles. The zero-order valence-corrected chi connectivity index (χ0v) is 11.4. The molecule has 6 nitrogen and oxygen atoms in total. The predicted octanol–water partition coefficient (Wildman–Crippen LogP) is -0.00450. The second-order valence-electron chi connectivity index (χ2n) is 3.73. The van der Waals surface area contributed by atoms with Gasteiger partial charge >= 0.3 is 0 Å². The minimum absolute atomic E-state index is 0.0177. The highest BCUT2D eigenvalue weighted by Gasteiger charge is 2.14. The number of nitrogens with one attached hydrogen (secondary N) is 1. The van der Waals surface area contributed by atoms with Crippen molar-refractivity contribution in [3.05, 3.63) is 18.2 Å². The average Bonchev–Trinajstić information content (AvgIpc) is 2.36. The first-order chi connectivity index (χ1) is 8.46. The van der Waals surface area contributed by atoms with Crippen LogP contribution in [0, 0.1) is 0 Å². The van der Waals surface area contributed by atoms with Crippen molar-refractivity contribution in [1.29, 1.82) is 0 Å². The highest BCUT2D eigenvalue weighted by atomic mass is 32.2. The summed E-state index contributed by atoms with van der Waals surface area (Å²) in [5, 5.41) is 8.95. The number of likely N-dealkylation sites (N-methyl/N-ethyl adjacent to an activating group) is 1. The molecule has 0 amide bonds. The number of nitrogens with two attached hydrogens (primary N) is 1. The molecule has 4 N–H and O–H groups in total. The zero-order valence-electron chi connectivity index (χ0n) is 10.5. The third kappa shape index (κ3) is 3.12. The summed E-state index contributed by atoms with van der Waals surface area (Å²) in [4.78, 5) is 2.01. The van der Waals surface area contributed by atoms with Gasteiger partial charge < -0.3 is 15.7 Å². The molecule has 0 aliphatic heterocycles. The number of aliphatic hydroxyl groups is 1. The van der Waals surface area contributed by atoms with E-state index in [9.17, 15) is 8.42 Å². The van der Waals surface area contributed by atoms with Crippen LogP contribution in [0.5, 0.6) is 0 Å². The number of rotatable bonds is 6. The highest BCUT2D eigenvalue weighted by Crippen LogP contribution is 2.25. The van der Waals surface area contributed by atoms with Gasteiger partial charge in [0.05, 0.1) is 22.9 Å². The van der Waals surface area contributed by atoms with Gasteiger partial charge in [0.2, 0.25) is 10.0 Å². The van der Waals surface area contributed by atoms with Gasteiger partial charge in [0.15, 0.2) is 0 Å². The van der Waals surface area contributed by atoms with E-state index in [4.69, 9.17) is 10.8 Å². The van der Waals surface area contributed by atoms with Crippen LogP contribution in [0.1, 0.15) is 6.92 Å². The van der Waals surface area contributed by atoms with Gasteiger partial charge in [-0.25, -0.2) is 13.1 Å². The van der Waals surface area contributed by atoms with Gasteiger partial charge in [0, 0.05) is 13.1 Å². The number of hydrogen-bond donors (Lipinski definition) is 3. The smallest absolute Gasteiger partial charge is 0.240 e. The van der Waals surface area contributed by atoms with Gasteiger partial charge in [-0.05, 0) is 32.2 Å². The Bertz CT molecular complexity index is 502. The molecule has 0 bridgehead atoms. The van der Waals surface area contributed by atoms with E-state index in [2.05, 4.69) is 4.72 Å². The summed E-state index contributed by atoms with van der Waals surface area (Å²) in [7, 11) is -2.13. The van der Waals surface area contributed by atoms with Gasteiger partial charge in [0.25, 0.3) is 0 Å². The number of nitrogens with zero attached hydrogens (tertiary/aromatic N) is 1. The number of benzene rings is 1. The minimum Gasteiger partial charge on any atom is -0.397 e. The van der Waals surface area contributed by atoms with Crippen LogP contribution < -0.4 is 15.4 Å². The molecule has 7 heteroatoms. The Morgan fingerprint density at radius 2 is 2.11 bits per heavy atom. The lowest BCUT2D eigenvalue weighted by molar-refractivity contribution is 0.302. The Morgan fingerprint density at radius 1 is 1.44 bits per heavy atom. The topological polar surface area (TPSA) is 95.7 Å². The summed E-state index contributed by atoms with van der Waals surface area (Å²) >= 11 is 0. The second-order valence-corrected chi connectivity index (χ2v) is 5.62. The van der Waals surface area contributed by atoms with Gasteiger partial charge in [0.1, 0.15) is 0 Å². The lowest BCUT2D eigenvalue weighted by atomic mass is 10.2. The normalized spacial score (nSPS) is 11.5. The summed E-state index contributed by atoms with van der Waals surface area (Å²) in [6.45, 7) is 3.10. The van der Waals surface area contributed by atoms with Crippen LogP contribution in [0.25, 0.3) is 0 Å². The molecule has 0 aliphatic carbocycles. The molecular formula is C11H19N3O3S. The summed E-state index contributed by atoms with van der Waals surface area (Å²) in [5.74, 6) is 0. The van der Waals surface area contributed by atoms with E-state index in [1.165, 1.54) is 19.2 Å². The first-order valence-electron chi connectivity index (χ1n) is 5.65. The molecule has 0 fully saturated rings. The van der Waals surface area contributed by atoms with Crippen molar-refractivity contribution < 1.29 is 13.5 Å². The first kappa shape index (κ1) is 14.7. The van der Waals surface area contributed by atoms with Gasteiger partial charge in [-0.3, -0.25) is 0 Å². The molecule has 1 aromatic rings. The molecule has 0 saturated heterocycles. The summed E-state index contributed by atoms with van der Waals surface area (Å²) < 4.78 is 25.5. The van der Waals surface area contributed by atoms with Crippen LogP contribution in [0.4, 0.5) is 11.4 Å². The van der Waals surface area contributed by atoms with E-state index >= 15 is 0 Å². The zero-order chi connectivity index (χ0) is 13.8. The Labute approximate surface area is 107 Å². The molecular weight excluding hydrogens is 254 g/mol. The maximum absolute atomic E-state index is 11.6. The van der Waals surface area contributed by atoms with E-state index in [0.717, 1.165) is 5.69 Å². The average molecular weight is 273 g/mol. The largest absolute Gasteiger partial charge is 0.397 e. The Balaban J connectivity index is 3.14. The third-order valence-corrected chi connectivity index (χ3v) is 4.08. The highest BCUT2D eigenvalue weighted by molar-refractivity contribution is 7.89. The SMILES string of the molecule is CCN(CCO)c1ccc(S(=O)(=O)NC)cc1N. The fourth-order valence-corrected chi connectivity index (χ4v) is 2.44. The number of sulfonamides is 1. The van der Waals surface area contributed by atoms with E-state index in [1.54, 1.807) is 6.07 Å². The Hall–Kier alpha value is -1.31. The van der Waals surface area contributed by atoms with E-state index in [1.807, 2.05) is 11.8 Å². The van der Waals surface area contributed by atoms with Gasteiger partial charge in [-0.15, -0.1) is 0 Å².